The Morgan fingerprint density at radius 2 is 1.97 bits per heavy atom. The molecule has 1 unspecified atom stereocenters. The maximum Gasteiger partial charge on any atom is 0.314 e. The van der Waals surface area contributed by atoms with E-state index in [0.29, 0.717) is 24.2 Å². The van der Waals surface area contributed by atoms with Gasteiger partial charge in [-0.2, -0.15) is 8.78 Å². The van der Waals surface area contributed by atoms with Gasteiger partial charge in [0.1, 0.15) is 5.82 Å². The Morgan fingerprint density at radius 1 is 1.10 bits per heavy atom. The Kier molecular flexibility index (Phi) is 4.97. The molecule has 0 aliphatic carbocycles. The molecule has 6 nitrogen and oxygen atoms in total. The van der Waals surface area contributed by atoms with Crippen LogP contribution in [0.5, 0.6) is 0 Å². The maximum atomic E-state index is 13.8. The van der Waals surface area contributed by atoms with Gasteiger partial charge in [-0.05, 0) is 48.2 Å². The topological polar surface area (TPSA) is 62.5 Å². The molecule has 5 rings (SSSR count). The van der Waals surface area contributed by atoms with E-state index in [4.69, 9.17) is 4.42 Å². The smallest absolute Gasteiger partial charge is 0.314 e. The first-order valence-electron chi connectivity index (χ1n) is 10.1. The summed E-state index contributed by atoms with van der Waals surface area (Å²) in [6.07, 6.45) is -0.0878. The summed E-state index contributed by atoms with van der Waals surface area (Å²) in [5.74, 6) is -1.30. The largest absolute Gasteiger partial charge is 0.415 e. The minimum absolute atomic E-state index is 0.0556. The Labute approximate surface area is 176 Å². The number of halogens is 3. The number of amides is 1. The van der Waals surface area contributed by atoms with Crippen LogP contribution in [0.3, 0.4) is 0 Å². The normalized spacial score (nSPS) is 19.3. The highest BCUT2D eigenvalue weighted by Gasteiger charge is 2.37. The van der Waals surface area contributed by atoms with Crippen LogP contribution in [0.1, 0.15) is 59.1 Å². The number of fused-ring (bicyclic) bond motifs is 1. The van der Waals surface area contributed by atoms with E-state index in [9.17, 15) is 18.0 Å². The Bertz CT molecular complexity index is 1130. The molecular weight excluding hydrogens is 409 g/mol. The molecule has 160 valence electrons. The van der Waals surface area contributed by atoms with Crippen molar-refractivity contribution in [1.29, 1.82) is 0 Å². The van der Waals surface area contributed by atoms with Gasteiger partial charge in [0.15, 0.2) is 0 Å². The summed E-state index contributed by atoms with van der Waals surface area (Å²) >= 11 is 0. The van der Waals surface area contributed by atoms with Crippen LogP contribution in [0.2, 0.25) is 0 Å². The van der Waals surface area contributed by atoms with Crippen molar-refractivity contribution in [3.05, 3.63) is 70.9 Å². The fourth-order valence-electron chi connectivity index (χ4n) is 4.32. The van der Waals surface area contributed by atoms with Crippen molar-refractivity contribution in [3.8, 4) is 11.5 Å². The van der Waals surface area contributed by atoms with Crippen molar-refractivity contribution in [3.63, 3.8) is 0 Å². The first-order chi connectivity index (χ1) is 15.0. The number of carbonyl (C=O) groups is 1. The van der Waals surface area contributed by atoms with E-state index in [0.717, 1.165) is 30.4 Å². The second-order valence-corrected chi connectivity index (χ2v) is 7.71. The van der Waals surface area contributed by atoms with Crippen molar-refractivity contribution in [2.45, 2.75) is 38.3 Å². The van der Waals surface area contributed by atoms with E-state index in [2.05, 4.69) is 10.2 Å². The molecule has 2 aliphatic heterocycles. The summed E-state index contributed by atoms with van der Waals surface area (Å²) in [6, 6.07) is 11.5. The summed E-state index contributed by atoms with van der Waals surface area (Å²) in [7, 11) is 0. The minimum atomic E-state index is -2.85. The van der Waals surface area contributed by atoms with Crippen LogP contribution in [0.15, 0.2) is 46.9 Å². The zero-order valence-corrected chi connectivity index (χ0v) is 16.5. The molecule has 1 saturated heterocycles. The fourth-order valence-corrected chi connectivity index (χ4v) is 4.32. The molecule has 9 heteroatoms. The van der Waals surface area contributed by atoms with Gasteiger partial charge in [-0.3, -0.25) is 9.80 Å². The molecule has 3 heterocycles. The number of piperidine rings is 1. The van der Waals surface area contributed by atoms with Gasteiger partial charge in [-0.25, -0.2) is 9.40 Å². The number of nitrogens with zero attached hydrogens (tertiary/aromatic N) is 4. The highest BCUT2D eigenvalue weighted by molar-refractivity contribution is 5.99. The Balaban J connectivity index is 1.43. The van der Waals surface area contributed by atoms with Crippen molar-refractivity contribution < 1.29 is 22.4 Å². The molecule has 2 aromatic carbocycles. The third-order valence-electron chi connectivity index (χ3n) is 5.79. The molecule has 1 amide bonds. The third kappa shape index (κ3) is 3.59. The van der Waals surface area contributed by atoms with Gasteiger partial charge >= 0.3 is 6.43 Å². The lowest BCUT2D eigenvalue weighted by Gasteiger charge is -2.41. The molecule has 2 aliphatic rings. The number of hydrogen-bond donors (Lipinski definition) is 0. The minimum Gasteiger partial charge on any atom is -0.415 e. The standard InChI is InChI=1S/C22H19F3N4O2/c23-16-5-3-4-13(10-16)18-6-1-2-9-28(18)29-12-15-8-7-14(11-17(15)22(29)30)20-26-27-21(31-20)19(24)25/h3-5,7-8,10-11,18-19H,1-2,6,9,12H2. The van der Waals surface area contributed by atoms with E-state index in [1.807, 2.05) is 11.1 Å². The maximum absolute atomic E-state index is 13.8. The van der Waals surface area contributed by atoms with Crippen LogP contribution in [0.25, 0.3) is 11.5 Å². The lowest BCUT2D eigenvalue weighted by molar-refractivity contribution is -0.0560. The second-order valence-electron chi connectivity index (χ2n) is 7.71. The average Bonchev–Trinajstić information content (AvgIpc) is 3.39. The van der Waals surface area contributed by atoms with E-state index in [1.54, 1.807) is 29.3 Å². The molecule has 1 atom stereocenters. The molecular formula is C22H19F3N4O2. The quantitative estimate of drug-likeness (QED) is 0.591. The molecule has 0 radical (unpaired) electrons. The lowest BCUT2D eigenvalue weighted by Crippen LogP contribution is -2.47. The predicted octanol–water partition coefficient (Wildman–Crippen LogP) is 4.91. The highest BCUT2D eigenvalue weighted by atomic mass is 19.3. The van der Waals surface area contributed by atoms with Crippen LogP contribution in [0, 0.1) is 5.82 Å². The lowest BCUT2D eigenvalue weighted by atomic mass is 9.96. The molecule has 0 N–H and O–H groups in total. The molecule has 1 aromatic heterocycles. The number of hydrazine groups is 1. The molecule has 31 heavy (non-hydrogen) atoms. The monoisotopic (exact) mass is 428 g/mol. The number of rotatable bonds is 4. The number of aromatic nitrogens is 2. The van der Waals surface area contributed by atoms with Gasteiger partial charge in [-0.1, -0.05) is 24.6 Å². The molecule has 1 fully saturated rings. The zero-order chi connectivity index (χ0) is 21.5. The number of benzene rings is 2. The van der Waals surface area contributed by atoms with E-state index in [-0.39, 0.29) is 23.7 Å². The van der Waals surface area contributed by atoms with E-state index >= 15 is 0 Å². The summed E-state index contributed by atoms with van der Waals surface area (Å²) in [5, 5.41) is 10.7. The fraction of sp³-hybridized carbons (Fsp3) is 0.318. The zero-order valence-electron chi connectivity index (χ0n) is 16.5. The van der Waals surface area contributed by atoms with Gasteiger partial charge in [-0.15, -0.1) is 10.2 Å². The van der Waals surface area contributed by atoms with E-state index in [1.165, 1.54) is 12.1 Å². The van der Waals surface area contributed by atoms with Crippen molar-refractivity contribution in [2.24, 2.45) is 0 Å². The van der Waals surface area contributed by atoms with Crippen molar-refractivity contribution in [2.75, 3.05) is 6.54 Å². The SMILES string of the molecule is O=C1c2cc(-c3nnc(C(F)F)o3)ccc2CN1N1CCCCC1c1cccc(F)c1. The van der Waals surface area contributed by atoms with Crippen LogP contribution < -0.4 is 0 Å². The number of hydrogen-bond acceptors (Lipinski definition) is 5. The van der Waals surface area contributed by atoms with Crippen LogP contribution in [-0.2, 0) is 6.54 Å². The molecule has 3 aromatic rings. The summed E-state index contributed by atoms with van der Waals surface area (Å²) < 4.78 is 44.3. The summed E-state index contributed by atoms with van der Waals surface area (Å²) in [6.45, 7) is 1.08. The van der Waals surface area contributed by atoms with Gasteiger partial charge in [0, 0.05) is 17.7 Å². The molecule has 0 saturated carbocycles. The van der Waals surface area contributed by atoms with Gasteiger partial charge < -0.3 is 4.42 Å². The van der Waals surface area contributed by atoms with Gasteiger partial charge in [0.25, 0.3) is 11.8 Å². The summed E-state index contributed by atoms with van der Waals surface area (Å²) in [5.41, 5.74) is 2.55. The Hall–Kier alpha value is -3.20. The first-order valence-corrected chi connectivity index (χ1v) is 10.1. The van der Waals surface area contributed by atoms with Gasteiger partial charge in [0.05, 0.1) is 12.6 Å². The third-order valence-corrected chi connectivity index (χ3v) is 5.79. The van der Waals surface area contributed by atoms with Crippen LogP contribution in [0.4, 0.5) is 13.2 Å². The average molecular weight is 428 g/mol. The van der Waals surface area contributed by atoms with Crippen molar-refractivity contribution in [1.82, 2.24) is 20.2 Å². The Morgan fingerprint density at radius 3 is 2.74 bits per heavy atom. The first kappa shape index (κ1) is 19.7. The predicted molar refractivity (Wildman–Crippen MR) is 104 cm³/mol. The van der Waals surface area contributed by atoms with E-state index < -0.39 is 12.3 Å². The van der Waals surface area contributed by atoms with Crippen LogP contribution in [-0.4, -0.2) is 32.7 Å². The molecule has 0 bridgehead atoms. The number of carbonyl (C=O) groups excluding carboxylic acids is 1. The second kappa shape index (κ2) is 7.81. The highest BCUT2D eigenvalue weighted by Crippen LogP contribution is 2.37. The van der Waals surface area contributed by atoms with Crippen molar-refractivity contribution >= 4 is 5.91 Å². The van der Waals surface area contributed by atoms with Crippen LogP contribution >= 0.6 is 0 Å². The summed E-state index contributed by atoms with van der Waals surface area (Å²) in [4.78, 5) is 13.3. The molecule has 0 spiro atoms. The number of alkyl halides is 2. The van der Waals surface area contributed by atoms with Gasteiger partial charge in [0.2, 0.25) is 5.89 Å².